The molecule has 6 nitrogen and oxygen atoms in total. The molecule has 1 aromatic rings. The van der Waals surface area contributed by atoms with Crippen LogP contribution in [-0.2, 0) is 9.59 Å². The maximum atomic E-state index is 12.2. The summed E-state index contributed by atoms with van der Waals surface area (Å²) in [7, 11) is 0. The molecule has 0 aromatic carbocycles. The number of nitrogens with zero attached hydrogens (tertiary/aromatic N) is 2. The van der Waals surface area contributed by atoms with Crippen LogP contribution in [0.25, 0.3) is 0 Å². The maximum absolute atomic E-state index is 12.2. The van der Waals surface area contributed by atoms with Crippen molar-refractivity contribution in [3.63, 3.8) is 0 Å². The lowest BCUT2D eigenvalue weighted by Crippen LogP contribution is -2.56. The zero-order chi connectivity index (χ0) is 17.0. The number of aliphatic carboxylic acids is 1. The van der Waals surface area contributed by atoms with Crippen molar-refractivity contribution < 1.29 is 14.7 Å². The topological polar surface area (TPSA) is 92.2 Å². The van der Waals surface area contributed by atoms with Crippen LogP contribution in [0.5, 0.6) is 0 Å². The summed E-state index contributed by atoms with van der Waals surface area (Å²) in [5, 5.41) is 12.8. The van der Waals surface area contributed by atoms with Gasteiger partial charge in [0, 0.05) is 11.4 Å². The molecule has 0 atom stereocenters. The molecule has 2 rings (SSSR count). The second kappa shape index (κ2) is 7.29. The van der Waals surface area contributed by atoms with Crippen LogP contribution in [0.3, 0.4) is 0 Å². The van der Waals surface area contributed by atoms with Crippen molar-refractivity contribution in [2.75, 3.05) is 5.75 Å². The molecule has 0 aliphatic heterocycles. The molecule has 2 N–H and O–H groups in total. The van der Waals surface area contributed by atoms with Gasteiger partial charge in [0.1, 0.15) is 5.54 Å². The van der Waals surface area contributed by atoms with Gasteiger partial charge < -0.3 is 10.4 Å². The number of hydrogen-bond acceptors (Lipinski definition) is 5. The fourth-order valence-corrected chi connectivity index (χ4v) is 3.59. The summed E-state index contributed by atoms with van der Waals surface area (Å²) in [6.45, 7) is 5.86. The standard InChI is InChI=1S/C16H23N3O3S/c1-10-4-6-16(7-5-10,14(21)22)19-13(20)9-23-15-17-11(2)8-12(3)18-15/h8,10H,4-7,9H2,1-3H3,(H,19,20)(H,21,22). The van der Waals surface area contributed by atoms with Crippen molar-refractivity contribution in [2.45, 2.75) is 57.1 Å². The van der Waals surface area contributed by atoms with Gasteiger partial charge in [-0.15, -0.1) is 0 Å². The van der Waals surface area contributed by atoms with E-state index in [4.69, 9.17) is 0 Å². The Hall–Kier alpha value is -1.63. The van der Waals surface area contributed by atoms with E-state index in [0.29, 0.717) is 23.9 Å². The normalized spacial score (nSPS) is 24.2. The fourth-order valence-electron chi connectivity index (χ4n) is 2.84. The third-order valence-corrected chi connectivity index (χ3v) is 5.06. The summed E-state index contributed by atoms with van der Waals surface area (Å²) >= 11 is 1.23. The molecule has 1 amide bonds. The smallest absolute Gasteiger partial charge is 0.329 e. The Bertz CT molecular complexity index is 578. The number of carbonyl (C=O) groups is 2. The van der Waals surface area contributed by atoms with E-state index in [1.54, 1.807) is 0 Å². The predicted molar refractivity (Wildman–Crippen MR) is 88.4 cm³/mol. The molecule has 1 aromatic heterocycles. The van der Waals surface area contributed by atoms with E-state index in [1.807, 2.05) is 19.9 Å². The molecule has 0 saturated heterocycles. The Kier molecular flexibility index (Phi) is 5.62. The number of hydrogen-bond donors (Lipinski definition) is 2. The highest BCUT2D eigenvalue weighted by molar-refractivity contribution is 7.99. The second-order valence-corrected chi connectivity index (χ2v) is 7.28. The van der Waals surface area contributed by atoms with Crippen LogP contribution in [0.4, 0.5) is 0 Å². The number of carbonyl (C=O) groups excluding carboxylic acids is 1. The summed E-state index contributed by atoms with van der Waals surface area (Å²) in [6, 6.07) is 1.87. The summed E-state index contributed by atoms with van der Waals surface area (Å²) in [5.41, 5.74) is 0.584. The van der Waals surface area contributed by atoms with Crippen LogP contribution in [-0.4, -0.2) is 38.2 Å². The molecule has 1 heterocycles. The maximum Gasteiger partial charge on any atom is 0.329 e. The monoisotopic (exact) mass is 337 g/mol. The Labute approximate surface area is 140 Å². The SMILES string of the molecule is Cc1cc(C)nc(SCC(=O)NC2(C(=O)O)CCC(C)CC2)n1. The third kappa shape index (κ3) is 4.67. The van der Waals surface area contributed by atoms with Crippen molar-refractivity contribution in [1.82, 2.24) is 15.3 Å². The van der Waals surface area contributed by atoms with Gasteiger partial charge in [0.05, 0.1) is 5.75 Å². The fraction of sp³-hybridized carbons (Fsp3) is 0.625. The largest absolute Gasteiger partial charge is 0.480 e. The van der Waals surface area contributed by atoms with Gasteiger partial charge in [-0.3, -0.25) is 4.79 Å². The Morgan fingerprint density at radius 2 is 1.87 bits per heavy atom. The number of rotatable bonds is 5. The lowest BCUT2D eigenvalue weighted by molar-refractivity contribution is -0.149. The quantitative estimate of drug-likeness (QED) is 0.633. The molecule has 0 bridgehead atoms. The average Bonchev–Trinajstić information content (AvgIpc) is 2.46. The van der Waals surface area contributed by atoms with Crippen LogP contribution < -0.4 is 5.32 Å². The first-order valence-corrected chi connectivity index (χ1v) is 8.79. The molecule has 1 saturated carbocycles. The minimum atomic E-state index is -1.12. The Balaban J connectivity index is 1.96. The van der Waals surface area contributed by atoms with Crippen LogP contribution in [0, 0.1) is 19.8 Å². The molecule has 0 unspecified atom stereocenters. The van der Waals surface area contributed by atoms with Crippen LogP contribution in [0.1, 0.15) is 44.0 Å². The Morgan fingerprint density at radius 3 is 2.39 bits per heavy atom. The van der Waals surface area contributed by atoms with E-state index >= 15 is 0 Å². The molecule has 1 aliphatic rings. The molecule has 126 valence electrons. The number of aromatic nitrogens is 2. The number of thioether (sulfide) groups is 1. The minimum absolute atomic E-state index is 0.119. The molecule has 0 spiro atoms. The summed E-state index contributed by atoms with van der Waals surface area (Å²) in [4.78, 5) is 32.4. The first-order chi connectivity index (χ1) is 10.8. The number of nitrogens with one attached hydrogen (secondary N) is 1. The molecule has 0 radical (unpaired) electrons. The molecule has 7 heteroatoms. The molecular weight excluding hydrogens is 314 g/mol. The number of amides is 1. The highest BCUT2D eigenvalue weighted by Gasteiger charge is 2.42. The van der Waals surface area contributed by atoms with E-state index in [1.165, 1.54) is 11.8 Å². The molecule has 23 heavy (non-hydrogen) atoms. The van der Waals surface area contributed by atoms with E-state index in [9.17, 15) is 14.7 Å². The van der Waals surface area contributed by atoms with E-state index in [-0.39, 0.29) is 11.7 Å². The first-order valence-electron chi connectivity index (χ1n) is 7.80. The van der Waals surface area contributed by atoms with Gasteiger partial charge in [-0.2, -0.15) is 0 Å². The van der Waals surface area contributed by atoms with Crippen molar-refractivity contribution in [3.8, 4) is 0 Å². The lowest BCUT2D eigenvalue weighted by atomic mass is 9.77. The van der Waals surface area contributed by atoms with Crippen molar-refractivity contribution in [3.05, 3.63) is 17.5 Å². The Morgan fingerprint density at radius 1 is 1.30 bits per heavy atom. The molecular formula is C16H23N3O3S. The minimum Gasteiger partial charge on any atom is -0.480 e. The summed E-state index contributed by atoms with van der Waals surface area (Å²) in [6.07, 6.45) is 2.61. The van der Waals surface area contributed by atoms with Crippen LogP contribution >= 0.6 is 11.8 Å². The van der Waals surface area contributed by atoms with Crippen molar-refractivity contribution in [1.29, 1.82) is 0 Å². The van der Waals surface area contributed by atoms with Crippen LogP contribution in [0.15, 0.2) is 11.2 Å². The summed E-state index contributed by atoms with van der Waals surface area (Å²) < 4.78 is 0. The molecule has 1 fully saturated rings. The third-order valence-electron chi connectivity index (χ3n) is 4.21. The van der Waals surface area contributed by atoms with Gasteiger partial charge in [0.25, 0.3) is 0 Å². The second-order valence-electron chi connectivity index (χ2n) is 6.34. The van der Waals surface area contributed by atoms with Gasteiger partial charge in [-0.25, -0.2) is 14.8 Å². The lowest BCUT2D eigenvalue weighted by Gasteiger charge is -2.36. The van der Waals surface area contributed by atoms with Gasteiger partial charge >= 0.3 is 5.97 Å². The van der Waals surface area contributed by atoms with E-state index in [0.717, 1.165) is 24.2 Å². The van der Waals surface area contributed by atoms with E-state index in [2.05, 4.69) is 22.2 Å². The van der Waals surface area contributed by atoms with Gasteiger partial charge in [0.15, 0.2) is 5.16 Å². The zero-order valence-corrected chi connectivity index (χ0v) is 14.6. The first kappa shape index (κ1) is 17.7. The highest BCUT2D eigenvalue weighted by Crippen LogP contribution is 2.32. The van der Waals surface area contributed by atoms with Crippen molar-refractivity contribution in [2.24, 2.45) is 5.92 Å². The van der Waals surface area contributed by atoms with Gasteiger partial charge in [-0.05, 0) is 51.5 Å². The number of carboxylic acids is 1. The van der Waals surface area contributed by atoms with Gasteiger partial charge in [0.2, 0.25) is 5.91 Å². The summed E-state index contributed by atoms with van der Waals surface area (Å²) in [5.74, 6) is -0.592. The van der Waals surface area contributed by atoms with Crippen molar-refractivity contribution >= 4 is 23.6 Å². The highest BCUT2D eigenvalue weighted by atomic mass is 32.2. The zero-order valence-electron chi connectivity index (χ0n) is 13.8. The number of aryl methyl sites for hydroxylation is 2. The average molecular weight is 337 g/mol. The predicted octanol–water partition coefficient (Wildman–Crippen LogP) is 2.34. The van der Waals surface area contributed by atoms with Gasteiger partial charge in [-0.1, -0.05) is 18.7 Å². The number of carboxylic acid groups (broad SMARTS) is 1. The van der Waals surface area contributed by atoms with Crippen LogP contribution in [0.2, 0.25) is 0 Å². The van der Waals surface area contributed by atoms with E-state index < -0.39 is 11.5 Å². The molecule has 1 aliphatic carbocycles.